The maximum Gasteiger partial charge on any atom is 0.136 e. The van der Waals surface area contributed by atoms with Crippen molar-refractivity contribution in [2.45, 2.75) is 6.61 Å². The molecule has 0 unspecified atom stereocenters. The summed E-state index contributed by atoms with van der Waals surface area (Å²) in [5.41, 5.74) is 6.69. The van der Waals surface area contributed by atoms with E-state index in [0.29, 0.717) is 26.5 Å². The van der Waals surface area contributed by atoms with Gasteiger partial charge in [0.05, 0.1) is 4.47 Å². The van der Waals surface area contributed by atoms with Crippen molar-refractivity contribution in [2.24, 2.45) is 0 Å². The minimum absolute atomic E-state index is 0.0917. The average Bonchev–Trinajstić information content (AvgIpc) is 2.35. The first-order chi connectivity index (χ1) is 8.58. The molecule has 94 valence electrons. The first-order valence-corrected chi connectivity index (χ1v) is 6.35. The van der Waals surface area contributed by atoms with E-state index < -0.39 is 0 Å². The van der Waals surface area contributed by atoms with Gasteiger partial charge in [-0.15, -0.1) is 0 Å². The van der Waals surface area contributed by atoms with Gasteiger partial charge in [-0.1, -0.05) is 17.7 Å². The Morgan fingerprint density at radius 1 is 1.28 bits per heavy atom. The normalized spacial score (nSPS) is 10.4. The molecule has 2 aromatic carbocycles. The molecule has 0 spiro atoms. The van der Waals surface area contributed by atoms with Crippen LogP contribution in [0.5, 0.6) is 5.75 Å². The molecule has 0 radical (unpaired) electrons. The molecule has 0 aliphatic heterocycles. The molecule has 0 aromatic heterocycles. The maximum atomic E-state index is 13.5. The van der Waals surface area contributed by atoms with E-state index in [1.54, 1.807) is 18.2 Å². The summed E-state index contributed by atoms with van der Waals surface area (Å²) in [6.07, 6.45) is 0. The van der Waals surface area contributed by atoms with Gasteiger partial charge in [-0.25, -0.2) is 4.39 Å². The topological polar surface area (TPSA) is 35.2 Å². The Labute approximate surface area is 118 Å². The standard InChI is InChI=1S/C13H10BrClFNO/c14-13-11(17)2-1-3-12(13)18-7-8-6-9(15)4-5-10(8)16/h1-6H,7,17H2. The van der Waals surface area contributed by atoms with Gasteiger partial charge in [0.25, 0.3) is 0 Å². The number of benzene rings is 2. The van der Waals surface area contributed by atoms with Crippen LogP contribution < -0.4 is 10.5 Å². The summed E-state index contributed by atoms with van der Waals surface area (Å²) in [6, 6.07) is 9.62. The summed E-state index contributed by atoms with van der Waals surface area (Å²) in [7, 11) is 0. The molecule has 18 heavy (non-hydrogen) atoms. The number of nitrogen functional groups attached to an aromatic ring is 1. The zero-order chi connectivity index (χ0) is 13.1. The molecule has 0 atom stereocenters. The first kappa shape index (κ1) is 13.2. The highest BCUT2D eigenvalue weighted by molar-refractivity contribution is 9.10. The average molecular weight is 331 g/mol. The van der Waals surface area contributed by atoms with E-state index in [4.69, 9.17) is 22.1 Å². The summed E-state index contributed by atoms with van der Waals surface area (Å²) < 4.78 is 19.7. The fourth-order valence-electron chi connectivity index (χ4n) is 1.45. The van der Waals surface area contributed by atoms with E-state index >= 15 is 0 Å². The minimum atomic E-state index is -0.348. The lowest BCUT2D eigenvalue weighted by Gasteiger charge is -2.10. The molecule has 2 aromatic rings. The molecule has 2 rings (SSSR count). The zero-order valence-electron chi connectivity index (χ0n) is 9.29. The molecule has 0 amide bonds. The predicted molar refractivity (Wildman–Crippen MR) is 74.3 cm³/mol. The third-order valence-electron chi connectivity index (χ3n) is 2.38. The van der Waals surface area contributed by atoms with Crippen LogP contribution in [0, 0.1) is 5.82 Å². The molecule has 5 heteroatoms. The second-order valence-electron chi connectivity index (χ2n) is 3.68. The Morgan fingerprint density at radius 2 is 2.06 bits per heavy atom. The number of hydrogen-bond acceptors (Lipinski definition) is 2. The Morgan fingerprint density at radius 3 is 2.83 bits per heavy atom. The van der Waals surface area contributed by atoms with Crippen molar-refractivity contribution in [3.05, 3.63) is 57.3 Å². The van der Waals surface area contributed by atoms with Gasteiger partial charge in [-0.2, -0.15) is 0 Å². The van der Waals surface area contributed by atoms with Gasteiger partial charge in [-0.3, -0.25) is 0 Å². The van der Waals surface area contributed by atoms with E-state index in [-0.39, 0.29) is 12.4 Å². The van der Waals surface area contributed by atoms with Crippen molar-refractivity contribution < 1.29 is 9.13 Å². The minimum Gasteiger partial charge on any atom is -0.488 e. The van der Waals surface area contributed by atoms with Gasteiger partial charge in [0.1, 0.15) is 18.2 Å². The Balaban J connectivity index is 2.16. The quantitative estimate of drug-likeness (QED) is 0.846. The van der Waals surface area contributed by atoms with Crippen molar-refractivity contribution in [2.75, 3.05) is 5.73 Å². The van der Waals surface area contributed by atoms with Crippen molar-refractivity contribution in [1.29, 1.82) is 0 Å². The van der Waals surface area contributed by atoms with Crippen LogP contribution in [0.25, 0.3) is 0 Å². The molecular weight excluding hydrogens is 321 g/mol. The van der Waals surface area contributed by atoms with Gasteiger partial charge in [0, 0.05) is 16.3 Å². The van der Waals surface area contributed by atoms with Crippen LogP contribution in [0.4, 0.5) is 10.1 Å². The van der Waals surface area contributed by atoms with Crippen LogP contribution in [-0.4, -0.2) is 0 Å². The number of anilines is 1. The second kappa shape index (κ2) is 5.59. The molecule has 0 bridgehead atoms. The molecule has 2 N–H and O–H groups in total. The van der Waals surface area contributed by atoms with Gasteiger partial charge in [-0.05, 0) is 46.3 Å². The lowest BCUT2D eigenvalue weighted by molar-refractivity contribution is 0.298. The summed E-state index contributed by atoms with van der Waals surface area (Å²) in [5, 5.41) is 0.474. The van der Waals surface area contributed by atoms with E-state index in [2.05, 4.69) is 15.9 Å². The molecule has 0 aliphatic carbocycles. The smallest absolute Gasteiger partial charge is 0.136 e. The molecule has 2 nitrogen and oxygen atoms in total. The number of rotatable bonds is 3. The van der Waals surface area contributed by atoms with Crippen LogP contribution in [0.3, 0.4) is 0 Å². The second-order valence-corrected chi connectivity index (χ2v) is 4.91. The van der Waals surface area contributed by atoms with Crippen LogP contribution in [-0.2, 0) is 6.61 Å². The molecule has 0 saturated heterocycles. The third kappa shape index (κ3) is 2.94. The zero-order valence-corrected chi connectivity index (χ0v) is 11.6. The van der Waals surface area contributed by atoms with Gasteiger partial charge >= 0.3 is 0 Å². The largest absolute Gasteiger partial charge is 0.488 e. The molecular formula is C13H10BrClFNO. The van der Waals surface area contributed by atoms with Crippen molar-refractivity contribution in [3.8, 4) is 5.75 Å². The van der Waals surface area contributed by atoms with E-state index in [9.17, 15) is 4.39 Å². The Kier molecular flexibility index (Phi) is 4.09. The van der Waals surface area contributed by atoms with E-state index in [1.165, 1.54) is 18.2 Å². The number of ether oxygens (including phenoxy) is 1. The van der Waals surface area contributed by atoms with Crippen LogP contribution in [0.15, 0.2) is 40.9 Å². The monoisotopic (exact) mass is 329 g/mol. The highest BCUT2D eigenvalue weighted by atomic mass is 79.9. The van der Waals surface area contributed by atoms with Gasteiger partial charge < -0.3 is 10.5 Å². The SMILES string of the molecule is Nc1cccc(OCc2cc(Cl)ccc2F)c1Br. The van der Waals surface area contributed by atoms with Crippen LogP contribution in [0.2, 0.25) is 5.02 Å². The highest BCUT2D eigenvalue weighted by Gasteiger charge is 2.07. The Bertz CT molecular complexity index is 575. The third-order valence-corrected chi connectivity index (χ3v) is 3.47. The summed E-state index contributed by atoms with van der Waals surface area (Å²) >= 11 is 9.12. The Hall–Kier alpha value is -1.26. The first-order valence-electron chi connectivity index (χ1n) is 5.18. The summed E-state index contributed by atoms with van der Waals surface area (Å²) in [5.74, 6) is 0.216. The van der Waals surface area contributed by atoms with Crippen molar-refractivity contribution >= 4 is 33.2 Å². The van der Waals surface area contributed by atoms with Gasteiger partial charge in [0.15, 0.2) is 0 Å². The van der Waals surface area contributed by atoms with E-state index in [1.807, 2.05) is 0 Å². The predicted octanol–water partition coefficient (Wildman–Crippen LogP) is 4.40. The van der Waals surface area contributed by atoms with Crippen LogP contribution >= 0.6 is 27.5 Å². The summed E-state index contributed by atoms with van der Waals surface area (Å²) in [6.45, 7) is 0.0917. The summed E-state index contributed by atoms with van der Waals surface area (Å²) in [4.78, 5) is 0. The number of halogens is 3. The maximum absolute atomic E-state index is 13.5. The van der Waals surface area contributed by atoms with Crippen molar-refractivity contribution in [3.63, 3.8) is 0 Å². The fourth-order valence-corrected chi connectivity index (χ4v) is 2.02. The number of hydrogen-bond donors (Lipinski definition) is 1. The molecule has 0 fully saturated rings. The fraction of sp³-hybridized carbons (Fsp3) is 0.0769. The molecule has 0 heterocycles. The van der Waals surface area contributed by atoms with Crippen LogP contribution in [0.1, 0.15) is 5.56 Å². The highest BCUT2D eigenvalue weighted by Crippen LogP contribution is 2.31. The number of nitrogens with two attached hydrogens (primary N) is 1. The lowest BCUT2D eigenvalue weighted by Crippen LogP contribution is -2.00. The van der Waals surface area contributed by atoms with E-state index in [0.717, 1.165) is 0 Å². The van der Waals surface area contributed by atoms with Gasteiger partial charge in [0.2, 0.25) is 0 Å². The van der Waals surface area contributed by atoms with Crippen molar-refractivity contribution in [1.82, 2.24) is 0 Å². The molecule has 0 saturated carbocycles. The molecule has 0 aliphatic rings. The lowest BCUT2D eigenvalue weighted by atomic mass is 10.2.